The van der Waals surface area contributed by atoms with Gasteiger partial charge in [-0.1, -0.05) is 161 Å². The second-order valence-electron chi connectivity index (χ2n) is 18.4. The Morgan fingerprint density at radius 2 is 0.610 bits per heavy atom. The molecule has 0 unspecified atom stereocenters. The molecule has 0 aromatic heterocycles. The van der Waals surface area contributed by atoms with E-state index in [9.17, 15) is 9.59 Å². The lowest BCUT2D eigenvalue weighted by Gasteiger charge is -2.46. The average Bonchev–Trinajstić information content (AvgIpc) is 3.22. The molecule has 0 saturated heterocycles. The maximum atomic E-state index is 14.3. The predicted molar refractivity (Wildman–Crippen MR) is 254 cm³/mol. The molecular formula is C50H58O5Si4. The minimum atomic E-state index is -2.85. The lowest BCUT2D eigenvalue weighted by molar-refractivity contribution is 0.0578. The number of carbonyl (C=O) groups excluding carboxylic acids is 2. The van der Waals surface area contributed by atoms with Crippen LogP contribution in [0.25, 0.3) is 0 Å². The van der Waals surface area contributed by atoms with Crippen LogP contribution in [0, 0.1) is 0 Å². The molecule has 0 aliphatic heterocycles. The molecule has 0 N–H and O–H groups in total. The third kappa shape index (κ3) is 8.91. The highest BCUT2D eigenvalue weighted by Crippen LogP contribution is 2.32. The van der Waals surface area contributed by atoms with Crippen molar-refractivity contribution in [3.05, 3.63) is 181 Å². The summed E-state index contributed by atoms with van der Waals surface area (Å²) in [6.45, 7) is 21.7. The van der Waals surface area contributed by atoms with E-state index in [-0.39, 0.29) is 11.6 Å². The van der Waals surface area contributed by atoms with Crippen molar-refractivity contribution >= 4 is 63.2 Å². The zero-order valence-corrected chi connectivity index (χ0v) is 40.2. The van der Waals surface area contributed by atoms with E-state index in [4.69, 9.17) is 13.6 Å². The van der Waals surface area contributed by atoms with Crippen molar-refractivity contribution in [1.82, 2.24) is 0 Å². The minimum absolute atomic E-state index is 0.0838. The van der Waals surface area contributed by atoms with E-state index in [1.54, 1.807) is 24.3 Å². The van der Waals surface area contributed by atoms with Crippen molar-refractivity contribution in [3.8, 4) is 11.5 Å². The Labute approximate surface area is 355 Å². The molecule has 6 aromatic carbocycles. The molecule has 6 rings (SSSR count). The van der Waals surface area contributed by atoms with Gasteiger partial charge in [-0.05, 0) is 97.0 Å². The maximum Gasteiger partial charge on any atom is 0.241 e. The van der Waals surface area contributed by atoms with Crippen molar-refractivity contribution in [2.75, 3.05) is 0 Å². The fraction of sp³-hybridized carbons (Fsp3) is 0.240. The van der Waals surface area contributed by atoms with Crippen LogP contribution in [0.15, 0.2) is 170 Å². The van der Waals surface area contributed by atoms with E-state index < -0.39 is 42.1 Å². The largest absolute Gasteiger partial charge is 0.457 e. The van der Waals surface area contributed by atoms with E-state index in [2.05, 4.69) is 136 Å². The zero-order chi connectivity index (χ0) is 42.7. The number of Topliss-reactive ketones (excluding diaryl/α,β-unsaturated/α-hetero) is 2. The van der Waals surface area contributed by atoms with Gasteiger partial charge in [-0.25, -0.2) is 0 Å². The van der Waals surface area contributed by atoms with Gasteiger partial charge < -0.3 is 13.6 Å². The van der Waals surface area contributed by atoms with Gasteiger partial charge in [0.15, 0.2) is 11.6 Å². The Hall–Kier alpha value is -4.75. The second kappa shape index (κ2) is 17.1. The fourth-order valence-electron chi connectivity index (χ4n) is 8.34. The number of benzene rings is 6. The summed E-state index contributed by atoms with van der Waals surface area (Å²) in [5.74, 6) is 0.997. The number of ether oxygens (including phenoxy) is 1. The summed E-state index contributed by atoms with van der Waals surface area (Å²) in [7, 11) is -9.86. The van der Waals surface area contributed by atoms with Crippen molar-refractivity contribution in [2.45, 2.75) is 78.2 Å². The van der Waals surface area contributed by atoms with Crippen molar-refractivity contribution < 1.29 is 23.2 Å². The molecule has 0 heterocycles. The smallest absolute Gasteiger partial charge is 0.241 e. The summed E-state index contributed by atoms with van der Waals surface area (Å²) >= 11 is 0. The lowest BCUT2D eigenvalue weighted by atomic mass is 9.97. The first-order valence-electron chi connectivity index (χ1n) is 20.4. The SMILES string of the molecule is CC(C)(O[Si](c1ccccc1)(c1ccccc1)[Si](C)(C)C)C(=O)c1ccc(Oc2ccc(C(=O)C(C)(C)O[Si](c3ccccc3)(c3ccccc3)[Si](C)(C)C)cc2)cc1. The highest BCUT2D eigenvalue weighted by atomic mass is 29.3. The summed E-state index contributed by atoms with van der Waals surface area (Å²) in [5.41, 5.74) is -1.09. The van der Waals surface area contributed by atoms with Gasteiger partial charge in [0.2, 0.25) is 15.7 Å². The standard InChI is InChI=1S/C50H58O5Si4/c1-49(2,54-58(56(5,6)7,43-23-15-11-16-24-43)44-25-17-12-18-26-44)47(51)39-31-35-41(36-32-39)53-42-37-33-40(34-38-42)48(52)50(3,4)55-59(57(8,9)10,45-27-19-13-20-28-45)46-29-21-14-22-30-46/h11-38H,1-10H3. The number of hydrogen-bond acceptors (Lipinski definition) is 5. The highest BCUT2D eigenvalue weighted by Gasteiger charge is 2.56. The Balaban J connectivity index is 1.20. The Bertz CT molecular complexity index is 2090. The molecule has 0 fully saturated rings. The monoisotopic (exact) mass is 850 g/mol. The molecule has 0 atom stereocenters. The van der Waals surface area contributed by atoms with Gasteiger partial charge in [-0.15, -0.1) is 0 Å². The van der Waals surface area contributed by atoms with Gasteiger partial charge in [-0.2, -0.15) is 0 Å². The van der Waals surface area contributed by atoms with E-state index >= 15 is 0 Å². The van der Waals surface area contributed by atoms with Gasteiger partial charge in [0.25, 0.3) is 0 Å². The fourth-order valence-corrected chi connectivity index (χ4v) is 33.7. The van der Waals surface area contributed by atoms with Crippen LogP contribution < -0.4 is 25.5 Å². The van der Waals surface area contributed by atoms with Crippen LogP contribution in [-0.4, -0.2) is 53.6 Å². The van der Waals surface area contributed by atoms with Crippen molar-refractivity contribution in [2.24, 2.45) is 0 Å². The molecule has 0 bridgehead atoms. The van der Waals surface area contributed by atoms with Crippen LogP contribution in [0.1, 0.15) is 48.4 Å². The molecule has 0 aliphatic carbocycles. The topological polar surface area (TPSA) is 61.8 Å². The van der Waals surface area contributed by atoms with Crippen LogP contribution >= 0.6 is 0 Å². The van der Waals surface area contributed by atoms with Crippen LogP contribution in [-0.2, 0) is 8.85 Å². The van der Waals surface area contributed by atoms with Gasteiger partial charge in [0, 0.05) is 11.1 Å². The first-order chi connectivity index (χ1) is 27.8. The molecule has 304 valence electrons. The van der Waals surface area contributed by atoms with Crippen LogP contribution in [0.5, 0.6) is 11.5 Å². The molecule has 0 saturated carbocycles. The summed E-state index contributed by atoms with van der Waals surface area (Å²) in [4.78, 5) is 28.6. The summed E-state index contributed by atoms with van der Waals surface area (Å²) in [6.07, 6.45) is 0. The second-order valence-corrected chi connectivity index (χ2v) is 46.0. The number of rotatable bonds is 16. The molecule has 0 aliphatic rings. The maximum absolute atomic E-state index is 14.3. The summed E-state index contributed by atoms with van der Waals surface area (Å²) in [5, 5.41) is 4.72. The first kappa shape index (κ1) is 43.8. The van der Waals surface area contributed by atoms with Crippen LogP contribution in [0.4, 0.5) is 0 Å². The summed E-state index contributed by atoms with van der Waals surface area (Å²) in [6, 6.07) is 56.4. The Morgan fingerprint density at radius 1 is 0.373 bits per heavy atom. The average molecular weight is 851 g/mol. The van der Waals surface area contributed by atoms with Gasteiger partial charge >= 0.3 is 0 Å². The number of carbonyl (C=O) groups is 2. The van der Waals surface area contributed by atoms with Crippen molar-refractivity contribution in [3.63, 3.8) is 0 Å². The van der Waals surface area contributed by atoms with E-state index in [0.717, 1.165) is 0 Å². The molecule has 6 aromatic rings. The number of hydrogen-bond donors (Lipinski definition) is 0. The molecule has 9 heteroatoms. The van der Waals surface area contributed by atoms with E-state index in [1.807, 2.05) is 76.2 Å². The molecule has 59 heavy (non-hydrogen) atoms. The van der Waals surface area contributed by atoms with Gasteiger partial charge in [0.1, 0.15) is 22.7 Å². The summed E-state index contributed by atoms with van der Waals surface area (Å²) < 4.78 is 20.9. The van der Waals surface area contributed by atoms with Crippen molar-refractivity contribution in [1.29, 1.82) is 0 Å². The Morgan fingerprint density at radius 3 is 0.831 bits per heavy atom. The van der Waals surface area contributed by atoms with E-state index in [0.29, 0.717) is 22.6 Å². The normalized spacial score (nSPS) is 12.8. The third-order valence-electron chi connectivity index (χ3n) is 11.2. The van der Waals surface area contributed by atoms with Crippen LogP contribution in [0.3, 0.4) is 0 Å². The first-order valence-corrected chi connectivity index (χ1v) is 33.2. The van der Waals surface area contributed by atoms with Crippen LogP contribution in [0.2, 0.25) is 39.3 Å². The highest BCUT2D eigenvalue weighted by molar-refractivity contribution is 7.49. The molecular weight excluding hydrogens is 793 g/mol. The minimum Gasteiger partial charge on any atom is -0.457 e. The molecule has 0 amide bonds. The van der Waals surface area contributed by atoms with E-state index in [1.165, 1.54) is 20.7 Å². The molecule has 0 spiro atoms. The van der Waals surface area contributed by atoms with Gasteiger partial charge in [0.05, 0.1) is 15.2 Å². The Kier molecular flexibility index (Phi) is 12.7. The lowest BCUT2D eigenvalue weighted by Crippen LogP contribution is -2.77. The number of ketones is 2. The molecule has 0 radical (unpaired) electrons. The quantitative estimate of drug-likeness (QED) is 0.0718. The predicted octanol–water partition coefficient (Wildman–Crippen LogP) is 9.79. The van der Waals surface area contributed by atoms with Gasteiger partial charge in [-0.3, -0.25) is 9.59 Å². The third-order valence-corrected chi connectivity index (χ3v) is 38.4. The zero-order valence-electron chi connectivity index (χ0n) is 36.2. The molecule has 5 nitrogen and oxygen atoms in total.